The van der Waals surface area contributed by atoms with Crippen LogP contribution in [0.3, 0.4) is 0 Å². The van der Waals surface area contributed by atoms with Gasteiger partial charge < -0.3 is 14.6 Å². The van der Waals surface area contributed by atoms with Gasteiger partial charge in [0, 0.05) is 0 Å². The highest BCUT2D eigenvalue weighted by Crippen LogP contribution is 2.43. The minimum Gasteiger partial charge on any atom is -0.493 e. The van der Waals surface area contributed by atoms with E-state index in [0.717, 1.165) is 24.3 Å². The fraction of sp³-hybridized carbons (Fsp3) is 0.150. The summed E-state index contributed by atoms with van der Waals surface area (Å²) >= 11 is 0.401. The molecular weight excluding hydrogens is 439 g/mol. The molecule has 11 heteroatoms. The molecule has 0 bridgehead atoms. The van der Waals surface area contributed by atoms with Crippen molar-refractivity contribution in [1.29, 1.82) is 0 Å². The number of rotatable bonds is 5. The second-order valence-corrected chi connectivity index (χ2v) is 7.10. The summed E-state index contributed by atoms with van der Waals surface area (Å²) in [5.41, 5.74) is -2.06. The molecule has 0 saturated carbocycles. The number of amides is 2. The number of hydrogen-bond acceptors (Lipinski definition) is 6. The average Bonchev–Trinajstić information content (AvgIpc) is 2.99. The van der Waals surface area contributed by atoms with Gasteiger partial charge in [-0.25, -0.2) is 9.69 Å². The number of carbonyl (C=O) groups excluding carboxylic acids is 2. The first-order valence-corrected chi connectivity index (χ1v) is 9.34. The Bertz CT molecular complexity index is 1110. The summed E-state index contributed by atoms with van der Waals surface area (Å²) in [5.74, 6) is -2.36. The van der Waals surface area contributed by atoms with Gasteiger partial charge in [0.05, 0.1) is 30.4 Å². The fourth-order valence-corrected chi connectivity index (χ4v) is 3.83. The highest BCUT2D eigenvalue weighted by molar-refractivity contribution is 8.19. The van der Waals surface area contributed by atoms with E-state index >= 15 is 0 Å². The van der Waals surface area contributed by atoms with Gasteiger partial charge >= 0.3 is 12.1 Å². The summed E-state index contributed by atoms with van der Waals surface area (Å²) in [6.07, 6.45) is -3.67. The highest BCUT2D eigenvalue weighted by Gasteiger charge is 2.42. The number of methoxy groups -OCH3 is 2. The van der Waals surface area contributed by atoms with Gasteiger partial charge in [-0.3, -0.25) is 9.59 Å². The first kappa shape index (κ1) is 22.2. The van der Waals surface area contributed by atoms with Crippen LogP contribution in [0, 0.1) is 0 Å². The zero-order valence-electron chi connectivity index (χ0n) is 16.0. The highest BCUT2D eigenvalue weighted by atomic mass is 32.2. The van der Waals surface area contributed by atoms with Gasteiger partial charge in [-0.1, -0.05) is 18.2 Å². The molecule has 3 rings (SSSR count). The van der Waals surface area contributed by atoms with Gasteiger partial charge in [-0.15, -0.1) is 0 Å². The van der Waals surface area contributed by atoms with E-state index in [2.05, 4.69) is 0 Å². The van der Waals surface area contributed by atoms with E-state index in [1.54, 1.807) is 0 Å². The van der Waals surface area contributed by atoms with Crippen molar-refractivity contribution in [1.82, 2.24) is 0 Å². The molecule has 0 radical (unpaired) electrons. The molecule has 31 heavy (non-hydrogen) atoms. The molecule has 2 aromatic carbocycles. The summed E-state index contributed by atoms with van der Waals surface area (Å²) in [6, 6.07) is 6.93. The minimum atomic E-state index is -4.78. The topological polar surface area (TPSA) is 93.1 Å². The lowest BCUT2D eigenvalue weighted by molar-refractivity contribution is -0.137. The van der Waals surface area contributed by atoms with E-state index in [1.165, 1.54) is 32.4 Å². The number of anilines is 1. The molecule has 7 nitrogen and oxygen atoms in total. The van der Waals surface area contributed by atoms with Crippen molar-refractivity contribution >= 4 is 40.6 Å². The maximum absolute atomic E-state index is 13.3. The number of halogens is 3. The van der Waals surface area contributed by atoms with E-state index in [1.807, 2.05) is 0 Å². The Labute approximate surface area is 178 Å². The van der Waals surface area contributed by atoms with Gasteiger partial charge in [0.15, 0.2) is 11.5 Å². The van der Waals surface area contributed by atoms with E-state index in [9.17, 15) is 32.7 Å². The molecule has 0 unspecified atom stereocenters. The number of nitrogens with zero attached hydrogens (tertiary/aromatic N) is 1. The minimum absolute atomic E-state index is 0.0137. The summed E-state index contributed by atoms with van der Waals surface area (Å²) in [6.45, 7) is 0. The van der Waals surface area contributed by atoms with Crippen molar-refractivity contribution < 1.29 is 42.1 Å². The Morgan fingerprint density at radius 2 is 1.77 bits per heavy atom. The van der Waals surface area contributed by atoms with E-state index in [0.29, 0.717) is 16.7 Å². The van der Waals surface area contributed by atoms with Gasteiger partial charge in [-0.05, 0) is 41.6 Å². The Morgan fingerprint density at radius 1 is 1.10 bits per heavy atom. The Morgan fingerprint density at radius 3 is 2.35 bits per heavy atom. The predicted octanol–water partition coefficient (Wildman–Crippen LogP) is 4.66. The van der Waals surface area contributed by atoms with Crippen molar-refractivity contribution in [3.05, 3.63) is 58.0 Å². The van der Waals surface area contributed by atoms with Crippen LogP contribution in [0.1, 0.15) is 21.5 Å². The number of carboxylic acids is 1. The molecule has 1 N–H and O–H groups in total. The third-order valence-electron chi connectivity index (χ3n) is 4.32. The van der Waals surface area contributed by atoms with Crippen LogP contribution in [0.2, 0.25) is 0 Å². The molecule has 2 aromatic rings. The lowest BCUT2D eigenvalue weighted by Gasteiger charge is -2.18. The maximum atomic E-state index is 13.3. The number of imide groups is 1. The number of carboxylic acid groups (broad SMARTS) is 1. The van der Waals surface area contributed by atoms with Gasteiger partial charge in [0.1, 0.15) is 5.56 Å². The molecule has 2 amide bonds. The van der Waals surface area contributed by atoms with Crippen molar-refractivity contribution in [3.8, 4) is 11.5 Å². The van der Waals surface area contributed by atoms with E-state index in [-0.39, 0.29) is 27.5 Å². The molecule has 0 aromatic heterocycles. The Kier molecular flexibility index (Phi) is 5.98. The normalized spacial score (nSPS) is 15.5. The van der Waals surface area contributed by atoms with Crippen LogP contribution in [0.4, 0.5) is 23.7 Å². The molecule has 0 atom stereocenters. The third kappa shape index (κ3) is 4.08. The third-order valence-corrected chi connectivity index (χ3v) is 5.19. The zero-order valence-corrected chi connectivity index (χ0v) is 16.8. The van der Waals surface area contributed by atoms with E-state index < -0.39 is 34.5 Å². The fourth-order valence-electron chi connectivity index (χ4n) is 3.01. The zero-order chi connectivity index (χ0) is 22.9. The van der Waals surface area contributed by atoms with Crippen LogP contribution in [0.5, 0.6) is 11.5 Å². The molecule has 0 aliphatic carbocycles. The summed E-state index contributed by atoms with van der Waals surface area (Å²) in [7, 11) is 2.54. The number of thioether (sulfide) groups is 1. The molecule has 1 aliphatic heterocycles. The van der Waals surface area contributed by atoms with Gasteiger partial charge in [0.2, 0.25) is 0 Å². The van der Waals surface area contributed by atoms with Gasteiger partial charge in [0.25, 0.3) is 11.1 Å². The van der Waals surface area contributed by atoms with Crippen LogP contribution in [-0.2, 0) is 11.0 Å². The average molecular weight is 453 g/mol. The maximum Gasteiger partial charge on any atom is 0.418 e. The molecular formula is C20H14F3NO6S. The van der Waals surface area contributed by atoms with Crippen molar-refractivity contribution in [2.24, 2.45) is 0 Å². The van der Waals surface area contributed by atoms with Crippen molar-refractivity contribution in [2.75, 3.05) is 19.1 Å². The van der Waals surface area contributed by atoms with Crippen molar-refractivity contribution in [3.63, 3.8) is 0 Å². The van der Waals surface area contributed by atoms with Gasteiger partial charge in [-0.2, -0.15) is 13.2 Å². The predicted molar refractivity (Wildman–Crippen MR) is 106 cm³/mol. The quantitative estimate of drug-likeness (QED) is 0.658. The molecule has 1 heterocycles. The Balaban J connectivity index is 2.10. The number of ether oxygens (including phenoxy) is 2. The summed E-state index contributed by atoms with van der Waals surface area (Å²) in [5, 5.41) is 8.65. The summed E-state index contributed by atoms with van der Waals surface area (Å²) in [4.78, 5) is 37.2. The number of alkyl halides is 3. The molecule has 1 saturated heterocycles. The molecule has 0 spiro atoms. The molecule has 162 valence electrons. The number of hydrogen-bond donors (Lipinski definition) is 1. The first-order valence-electron chi connectivity index (χ1n) is 8.52. The van der Waals surface area contributed by atoms with Crippen molar-refractivity contribution in [2.45, 2.75) is 6.18 Å². The first-order chi connectivity index (χ1) is 14.6. The van der Waals surface area contributed by atoms with Crippen LogP contribution < -0.4 is 14.4 Å². The smallest absolute Gasteiger partial charge is 0.418 e. The lowest BCUT2D eigenvalue weighted by atomic mass is 10.0. The van der Waals surface area contributed by atoms with E-state index in [4.69, 9.17) is 9.47 Å². The SMILES string of the molecule is COc1ccc(/C=C2/SC(=O)N(c3ccccc3C(F)(F)F)C2=O)c(C(=O)O)c1OC. The summed E-state index contributed by atoms with van der Waals surface area (Å²) < 4.78 is 50.2. The van der Waals surface area contributed by atoms with Crippen LogP contribution in [-0.4, -0.2) is 36.4 Å². The van der Waals surface area contributed by atoms with Crippen LogP contribution >= 0.6 is 11.8 Å². The number of carbonyl (C=O) groups is 3. The standard InChI is InChI=1S/C20H14F3NO6S/c1-29-13-8-7-10(15(18(26)27)16(13)30-2)9-14-17(25)24(19(28)31-14)12-6-4-3-5-11(12)20(21,22)23/h3-9H,1-2H3,(H,26,27)/b14-9+. The Hall–Kier alpha value is -3.47. The lowest BCUT2D eigenvalue weighted by Crippen LogP contribution is -2.30. The van der Waals surface area contributed by atoms with Crippen LogP contribution in [0.15, 0.2) is 41.3 Å². The monoisotopic (exact) mass is 453 g/mol. The second kappa shape index (κ2) is 8.34. The second-order valence-electron chi connectivity index (χ2n) is 6.10. The molecule has 1 aliphatic rings. The number of para-hydroxylation sites is 1. The largest absolute Gasteiger partial charge is 0.493 e. The van der Waals surface area contributed by atoms with Crippen LogP contribution in [0.25, 0.3) is 6.08 Å². The number of benzene rings is 2. The number of aromatic carboxylic acids is 1. The molecule has 1 fully saturated rings.